The molecule has 2 rings (SSSR count). The van der Waals surface area contributed by atoms with Crippen molar-refractivity contribution in [1.29, 1.82) is 0 Å². The predicted octanol–water partition coefficient (Wildman–Crippen LogP) is 4.34. The molecule has 0 spiro atoms. The zero-order valence-corrected chi connectivity index (χ0v) is 16.7. The lowest BCUT2D eigenvalue weighted by Gasteiger charge is -2.23. The first-order chi connectivity index (χ1) is 13.0. The van der Waals surface area contributed by atoms with Crippen molar-refractivity contribution in [3.8, 4) is 22.6 Å². The Morgan fingerprint density at radius 1 is 1.04 bits per heavy atom. The molecule has 0 aromatic heterocycles. The molecule has 0 heterocycles. The van der Waals surface area contributed by atoms with Gasteiger partial charge in [0, 0.05) is 5.57 Å². The van der Waals surface area contributed by atoms with Crippen LogP contribution >= 0.6 is 0 Å². The second-order valence-corrected chi connectivity index (χ2v) is 7.28. The van der Waals surface area contributed by atoms with Crippen LogP contribution < -0.4 is 9.47 Å². The first-order valence-corrected chi connectivity index (χ1v) is 8.84. The zero-order chi connectivity index (χ0) is 21.1. The third-order valence-corrected chi connectivity index (χ3v) is 4.04. The van der Waals surface area contributed by atoms with E-state index in [4.69, 9.17) is 9.47 Å². The number of rotatable bonds is 7. The van der Waals surface area contributed by atoms with E-state index in [2.05, 4.69) is 13.2 Å². The van der Waals surface area contributed by atoms with Gasteiger partial charge in [0.05, 0.1) is 5.60 Å². The van der Waals surface area contributed by atoms with E-state index in [-0.39, 0.29) is 0 Å². The van der Waals surface area contributed by atoms with Gasteiger partial charge >= 0.3 is 5.97 Å². The Hall–Kier alpha value is -2.89. The summed E-state index contributed by atoms with van der Waals surface area (Å²) in [5.74, 6) is 0.307. The van der Waals surface area contributed by atoms with E-state index in [1.165, 1.54) is 0 Å². The number of aliphatic hydroxyl groups excluding tert-OH is 1. The van der Waals surface area contributed by atoms with E-state index in [0.29, 0.717) is 28.2 Å². The minimum atomic E-state index is -1.16. The van der Waals surface area contributed by atoms with Crippen LogP contribution in [0, 0.1) is 0 Å². The molecule has 2 N–H and O–H groups in total. The summed E-state index contributed by atoms with van der Waals surface area (Å²) in [4.78, 5) is 11.8. The molecule has 5 heteroatoms. The quantitative estimate of drug-likeness (QED) is 0.245. The van der Waals surface area contributed by atoms with Crippen LogP contribution in [0.2, 0.25) is 0 Å². The Kier molecular flexibility index (Phi) is 6.44. The lowest BCUT2D eigenvalue weighted by atomic mass is 9.89. The molecule has 0 radical (unpaired) electrons. The van der Waals surface area contributed by atoms with Crippen molar-refractivity contribution in [2.24, 2.45) is 0 Å². The van der Waals surface area contributed by atoms with Crippen LogP contribution in [0.3, 0.4) is 0 Å². The van der Waals surface area contributed by atoms with Crippen LogP contribution in [0.1, 0.15) is 33.3 Å². The van der Waals surface area contributed by atoms with E-state index in [1.807, 2.05) is 12.1 Å². The van der Waals surface area contributed by atoms with Crippen molar-refractivity contribution in [1.82, 2.24) is 0 Å². The molecular formula is C23H26O5. The van der Waals surface area contributed by atoms with Gasteiger partial charge in [0.15, 0.2) is 0 Å². The molecule has 5 nitrogen and oxygen atoms in total. The number of hydrogen-bond donors (Lipinski definition) is 2. The van der Waals surface area contributed by atoms with Gasteiger partial charge in [0.1, 0.15) is 11.5 Å². The van der Waals surface area contributed by atoms with E-state index < -0.39 is 17.9 Å². The Labute approximate surface area is 165 Å². The van der Waals surface area contributed by atoms with Crippen LogP contribution in [0.15, 0.2) is 66.8 Å². The number of aliphatic hydroxyl groups is 2. The molecule has 0 aliphatic carbocycles. The number of hydrogen-bond acceptors (Lipinski definition) is 5. The number of benzene rings is 2. The van der Waals surface area contributed by atoms with Gasteiger partial charge in [-0.2, -0.15) is 0 Å². The summed E-state index contributed by atoms with van der Waals surface area (Å²) < 4.78 is 10.7. The van der Waals surface area contributed by atoms with Crippen molar-refractivity contribution in [3.05, 3.63) is 72.3 Å². The topological polar surface area (TPSA) is 76.0 Å². The van der Waals surface area contributed by atoms with E-state index >= 15 is 0 Å². The average molecular weight is 382 g/mol. The normalized spacial score (nSPS) is 12.2. The number of carbonyl (C=O) groups is 1. The molecule has 0 bridgehead atoms. The number of ether oxygens (including phenoxy) is 2. The Morgan fingerprint density at radius 3 is 2.11 bits per heavy atom. The molecule has 1 unspecified atom stereocenters. The van der Waals surface area contributed by atoms with Crippen LogP contribution in [-0.2, 0) is 10.4 Å². The number of esters is 1. The first-order valence-electron chi connectivity index (χ1n) is 8.84. The average Bonchev–Trinajstić information content (AvgIpc) is 2.61. The molecule has 2 aromatic carbocycles. The van der Waals surface area contributed by atoms with Gasteiger partial charge in [-0.1, -0.05) is 31.4 Å². The van der Waals surface area contributed by atoms with Gasteiger partial charge in [0.25, 0.3) is 0 Å². The Bertz CT molecular complexity index is 888. The highest BCUT2D eigenvalue weighted by molar-refractivity contribution is 5.89. The van der Waals surface area contributed by atoms with Gasteiger partial charge in [-0.3, -0.25) is 0 Å². The molecule has 1 atom stereocenters. The maximum Gasteiger partial charge on any atom is 0.338 e. The molecule has 2 aromatic rings. The summed E-state index contributed by atoms with van der Waals surface area (Å²) in [7, 11) is 0. The molecule has 0 fully saturated rings. The summed E-state index contributed by atoms with van der Waals surface area (Å²) in [5, 5.41) is 20.4. The van der Waals surface area contributed by atoms with Crippen molar-refractivity contribution in [3.63, 3.8) is 0 Å². The van der Waals surface area contributed by atoms with Crippen LogP contribution in [0.25, 0.3) is 11.1 Å². The molecule has 0 aliphatic rings. The molecule has 0 aliphatic heterocycles. The lowest BCUT2D eigenvalue weighted by molar-refractivity contribution is -0.130. The summed E-state index contributed by atoms with van der Waals surface area (Å²) >= 11 is 0. The van der Waals surface area contributed by atoms with E-state index in [0.717, 1.165) is 11.1 Å². The first kappa shape index (κ1) is 21.4. The standard InChI is InChI=1S/C23H26O5/c1-14(2)21(24)27-17-9-7-16(8-10-17)19-12-11-18(28-22(25)15(3)4)13-20(19)23(5,6)26/h7-13,21,24,26H,1,3H2,2,4-6H3. The highest BCUT2D eigenvalue weighted by atomic mass is 16.6. The summed E-state index contributed by atoms with van der Waals surface area (Å²) in [6.45, 7) is 13.8. The summed E-state index contributed by atoms with van der Waals surface area (Å²) in [6.07, 6.45) is -1.07. The van der Waals surface area contributed by atoms with Crippen molar-refractivity contribution in [2.45, 2.75) is 39.6 Å². The van der Waals surface area contributed by atoms with E-state index in [1.54, 1.807) is 58.0 Å². The van der Waals surface area contributed by atoms with Gasteiger partial charge in [-0.25, -0.2) is 4.79 Å². The molecule has 0 amide bonds. The van der Waals surface area contributed by atoms with Gasteiger partial charge in [-0.15, -0.1) is 0 Å². The van der Waals surface area contributed by atoms with Crippen molar-refractivity contribution in [2.75, 3.05) is 0 Å². The molecule has 0 saturated heterocycles. The maximum absolute atomic E-state index is 11.8. The van der Waals surface area contributed by atoms with E-state index in [9.17, 15) is 15.0 Å². The molecule has 28 heavy (non-hydrogen) atoms. The van der Waals surface area contributed by atoms with Crippen LogP contribution in [0.5, 0.6) is 11.5 Å². The smallest absolute Gasteiger partial charge is 0.338 e. The molecule has 0 saturated carbocycles. The summed E-state index contributed by atoms with van der Waals surface area (Å²) in [5.41, 5.74) is 1.87. The van der Waals surface area contributed by atoms with Gasteiger partial charge < -0.3 is 19.7 Å². The fourth-order valence-electron chi connectivity index (χ4n) is 2.48. The zero-order valence-electron chi connectivity index (χ0n) is 16.7. The summed E-state index contributed by atoms with van der Waals surface area (Å²) in [6, 6.07) is 12.2. The minimum Gasteiger partial charge on any atom is -0.461 e. The Morgan fingerprint density at radius 2 is 1.61 bits per heavy atom. The van der Waals surface area contributed by atoms with Crippen LogP contribution in [-0.4, -0.2) is 22.5 Å². The SMILES string of the molecule is C=C(C)C(=O)Oc1ccc(-c2ccc(OC(O)C(=C)C)cc2)c(C(C)(C)O)c1. The molecular weight excluding hydrogens is 356 g/mol. The highest BCUT2D eigenvalue weighted by Crippen LogP contribution is 2.35. The molecule has 148 valence electrons. The fourth-order valence-corrected chi connectivity index (χ4v) is 2.48. The largest absolute Gasteiger partial charge is 0.461 e. The predicted molar refractivity (Wildman–Crippen MR) is 109 cm³/mol. The highest BCUT2D eigenvalue weighted by Gasteiger charge is 2.22. The fraction of sp³-hybridized carbons (Fsp3) is 0.261. The maximum atomic E-state index is 11.8. The number of carbonyl (C=O) groups excluding carboxylic acids is 1. The van der Waals surface area contributed by atoms with Crippen molar-refractivity contribution >= 4 is 5.97 Å². The lowest BCUT2D eigenvalue weighted by Crippen LogP contribution is -2.18. The minimum absolute atomic E-state index is 0.293. The second-order valence-electron chi connectivity index (χ2n) is 7.28. The van der Waals surface area contributed by atoms with Gasteiger partial charge in [0.2, 0.25) is 6.29 Å². The Balaban J connectivity index is 2.37. The monoisotopic (exact) mass is 382 g/mol. The second kappa shape index (κ2) is 8.42. The van der Waals surface area contributed by atoms with Crippen molar-refractivity contribution < 1.29 is 24.5 Å². The van der Waals surface area contributed by atoms with Gasteiger partial charge in [-0.05, 0) is 74.2 Å². The third-order valence-electron chi connectivity index (χ3n) is 4.04. The third kappa shape index (κ3) is 5.31. The van der Waals surface area contributed by atoms with Crippen LogP contribution in [0.4, 0.5) is 0 Å².